The average Bonchev–Trinajstić information content (AvgIpc) is 2.97. The number of amides is 1. The molecule has 0 aliphatic heterocycles. The van der Waals surface area contributed by atoms with Crippen molar-refractivity contribution in [1.29, 1.82) is 0 Å². The first-order valence-electron chi connectivity index (χ1n) is 6.06. The van der Waals surface area contributed by atoms with Crippen LogP contribution in [-0.4, -0.2) is 21.9 Å². The largest absolute Gasteiger partial charge is 0.436 e. The van der Waals surface area contributed by atoms with E-state index in [1.54, 1.807) is 0 Å². The summed E-state index contributed by atoms with van der Waals surface area (Å²) in [6, 6.07) is 2.70. The van der Waals surface area contributed by atoms with Crippen LogP contribution in [0.25, 0.3) is 0 Å². The number of hydrogen-bond acceptors (Lipinski definition) is 4. The van der Waals surface area contributed by atoms with Gasteiger partial charge in [0.1, 0.15) is 6.54 Å². The number of hydrazone groups is 1. The first kappa shape index (κ1) is 17.4. The van der Waals surface area contributed by atoms with Gasteiger partial charge >= 0.3 is 6.18 Å². The van der Waals surface area contributed by atoms with Gasteiger partial charge in [0.15, 0.2) is 10.8 Å². The number of carbonyl (C=O) groups excluding carboxylic acids is 1. The van der Waals surface area contributed by atoms with Gasteiger partial charge in [0.2, 0.25) is 0 Å². The zero-order valence-corrected chi connectivity index (χ0v) is 13.1. The fraction of sp³-hybridized carbons (Fsp3) is 0.250. The number of thiophene rings is 1. The van der Waals surface area contributed by atoms with Crippen LogP contribution in [0.4, 0.5) is 17.6 Å². The Kier molecular flexibility index (Phi) is 5.05. The molecule has 2 rings (SSSR count). The number of nitrogens with one attached hydrogen (secondary N) is 1. The van der Waals surface area contributed by atoms with Crippen molar-refractivity contribution < 1.29 is 22.4 Å². The molecule has 0 saturated heterocycles. The summed E-state index contributed by atoms with van der Waals surface area (Å²) in [6.45, 7) is 0.827. The summed E-state index contributed by atoms with van der Waals surface area (Å²) >= 11 is 6.40. The molecule has 124 valence electrons. The normalized spacial score (nSPS) is 12.1. The molecular formula is C12H9ClF4N4OS. The highest BCUT2D eigenvalue weighted by Gasteiger charge is 2.38. The SMILES string of the molecule is Cc1c(Cl)c(C(F)(F)F)nn1CC(=O)N/N=C/c1ccc(F)s1. The van der Waals surface area contributed by atoms with Gasteiger partial charge in [0.25, 0.3) is 5.91 Å². The van der Waals surface area contributed by atoms with Crippen LogP contribution < -0.4 is 5.43 Å². The molecule has 0 atom stereocenters. The first-order chi connectivity index (χ1) is 10.7. The Morgan fingerprint density at radius 2 is 2.22 bits per heavy atom. The van der Waals surface area contributed by atoms with E-state index in [-0.39, 0.29) is 5.69 Å². The average molecular weight is 369 g/mol. The number of carbonyl (C=O) groups is 1. The topological polar surface area (TPSA) is 59.3 Å². The lowest BCUT2D eigenvalue weighted by molar-refractivity contribution is -0.141. The maximum absolute atomic E-state index is 12.7. The smallest absolute Gasteiger partial charge is 0.271 e. The van der Waals surface area contributed by atoms with Gasteiger partial charge in [-0.05, 0) is 19.1 Å². The Bertz CT molecular complexity index is 753. The lowest BCUT2D eigenvalue weighted by atomic mass is 10.3. The lowest BCUT2D eigenvalue weighted by Crippen LogP contribution is -2.24. The second-order valence-corrected chi connectivity index (χ2v) is 5.78. The van der Waals surface area contributed by atoms with Gasteiger partial charge in [-0.15, -0.1) is 11.3 Å². The van der Waals surface area contributed by atoms with Crippen LogP contribution in [0.3, 0.4) is 0 Å². The molecule has 2 heterocycles. The van der Waals surface area contributed by atoms with E-state index in [9.17, 15) is 22.4 Å². The van der Waals surface area contributed by atoms with Crippen LogP contribution in [0.2, 0.25) is 5.02 Å². The van der Waals surface area contributed by atoms with Gasteiger partial charge in [-0.2, -0.15) is 27.8 Å². The maximum atomic E-state index is 12.7. The first-order valence-corrected chi connectivity index (χ1v) is 7.25. The van der Waals surface area contributed by atoms with Crippen LogP contribution >= 0.6 is 22.9 Å². The quantitative estimate of drug-likeness (QED) is 0.512. The monoisotopic (exact) mass is 368 g/mol. The number of alkyl halides is 3. The minimum Gasteiger partial charge on any atom is -0.271 e. The number of nitrogens with zero attached hydrogens (tertiary/aromatic N) is 3. The number of halogens is 5. The molecule has 2 aromatic rings. The molecule has 11 heteroatoms. The molecule has 0 aliphatic carbocycles. The molecular weight excluding hydrogens is 360 g/mol. The minimum absolute atomic E-state index is 0.0125. The molecule has 2 aromatic heterocycles. The van der Waals surface area contributed by atoms with Gasteiger partial charge in [-0.25, -0.2) is 5.43 Å². The van der Waals surface area contributed by atoms with Crippen molar-refractivity contribution in [3.05, 3.63) is 38.6 Å². The second-order valence-electron chi connectivity index (χ2n) is 4.34. The molecule has 0 fully saturated rings. The molecule has 1 amide bonds. The third-order valence-electron chi connectivity index (χ3n) is 2.67. The van der Waals surface area contributed by atoms with Crippen molar-refractivity contribution in [1.82, 2.24) is 15.2 Å². The van der Waals surface area contributed by atoms with Crippen molar-refractivity contribution in [3.8, 4) is 0 Å². The Balaban J connectivity index is 2.02. The summed E-state index contributed by atoms with van der Waals surface area (Å²) in [5.74, 6) is -0.700. The Morgan fingerprint density at radius 1 is 1.52 bits per heavy atom. The van der Waals surface area contributed by atoms with Crippen LogP contribution in [0, 0.1) is 12.1 Å². The molecule has 0 bridgehead atoms. The van der Waals surface area contributed by atoms with Crippen LogP contribution in [-0.2, 0) is 17.5 Å². The summed E-state index contributed by atoms with van der Waals surface area (Å²) in [4.78, 5) is 12.1. The van der Waals surface area contributed by atoms with E-state index < -0.39 is 34.5 Å². The van der Waals surface area contributed by atoms with E-state index in [4.69, 9.17) is 11.6 Å². The number of hydrogen-bond donors (Lipinski definition) is 1. The fourth-order valence-electron chi connectivity index (χ4n) is 1.60. The standard InChI is InChI=1S/C12H9ClF4N4OS/c1-6-10(13)11(12(15,16)17)20-21(6)5-9(22)19-18-4-7-2-3-8(14)23-7/h2-4H,5H2,1H3,(H,19,22)/b18-4+. The molecule has 23 heavy (non-hydrogen) atoms. The van der Waals surface area contributed by atoms with E-state index in [1.807, 2.05) is 0 Å². The second kappa shape index (κ2) is 6.67. The summed E-state index contributed by atoms with van der Waals surface area (Å²) in [5.41, 5.74) is 0.877. The summed E-state index contributed by atoms with van der Waals surface area (Å²) in [5, 5.41) is 5.91. The van der Waals surface area contributed by atoms with Crippen molar-refractivity contribution >= 4 is 35.1 Å². The van der Waals surface area contributed by atoms with E-state index in [0.29, 0.717) is 4.88 Å². The van der Waals surface area contributed by atoms with Crippen molar-refractivity contribution in [3.63, 3.8) is 0 Å². The molecule has 0 saturated carbocycles. The van der Waals surface area contributed by atoms with E-state index in [0.717, 1.165) is 16.0 Å². The highest BCUT2D eigenvalue weighted by atomic mass is 35.5. The lowest BCUT2D eigenvalue weighted by Gasteiger charge is -2.03. The van der Waals surface area contributed by atoms with Gasteiger partial charge in [-0.1, -0.05) is 11.6 Å². The predicted molar refractivity (Wildman–Crippen MR) is 77.0 cm³/mol. The molecule has 5 nitrogen and oxygen atoms in total. The van der Waals surface area contributed by atoms with Gasteiger partial charge < -0.3 is 0 Å². The van der Waals surface area contributed by atoms with Gasteiger partial charge in [0, 0.05) is 0 Å². The number of rotatable bonds is 4. The minimum atomic E-state index is -4.70. The highest BCUT2D eigenvalue weighted by Crippen LogP contribution is 2.35. The van der Waals surface area contributed by atoms with E-state index in [2.05, 4.69) is 15.6 Å². The van der Waals surface area contributed by atoms with E-state index in [1.165, 1.54) is 25.3 Å². The van der Waals surface area contributed by atoms with Gasteiger partial charge in [-0.3, -0.25) is 9.48 Å². The van der Waals surface area contributed by atoms with Crippen LogP contribution in [0.15, 0.2) is 17.2 Å². The highest BCUT2D eigenvalue weighted by molar-refractivity contribution is 7.12. The van der Waals surface area contributed by atoms with Crippen molar-refractivity contribution in [2.45, 2.75) is 19.6 Å². The zero-order chi connectivity index (χ0) is 17.2. The third-order valence-corrected chi connectivity index (χ3v) is 3.93. The molecule has 0 aliphatic rings. The summed E-state index contributed by atoms with van der Waals surface area (Å²) in [7, 11) is 0. The fourth-order valence-corrected chi connectivity index (χ4v) is 2.44. The van der Waals surface area contributed by atoms with Crippen LogP contribution in [0.1, 0.15) is 16.3 Å². The predicted octanol–water partition coefficient (Wildman–Crippen LogP) is 3.21. The Labute approximate surface area is 136 Å². The van der Waals surface area contributed by atoms with Gasteiger partial charge in [0.05, 0.1) is 21.8 Å². The van der Waals surface area contributed by atoms with Crippen molar-refractivity contribution in [2.24, 2.45) is 5.10 Å². The molecule has 0 radical (unpaired) electrons. The summed E-state index contributed by atoms with van der Waals surface area (Å²) in [6.07, 6.45) is -3.49. The Morgan fingerprint density at radius 3 is 2.74 bits per heavy atom. The van der Waals surface area contributed by atoms with Crippen molar-refractivity contribution in [2.75, 3.05) is 0 Å². The summed E-state index contributed by atoms with van der Waals surface area (Å²) < 4.78 is 51.5. The molecule has 0 unspecified atom stereocenters. The third kappa shape index (κ3) is 4.29. The zero-order valence-electron chi connectivity index (χ0n) is 11.5. The molecule has 1 N–H and O–H groups in total. The van der Waals surface area contributed by atoms with Crippen LogP contribution in [0.5, 0.6) is 0 Å². The molecule has 0 spiro atoms. The maximum Gasteiger partial charge on any atom is 0.436 e. The molecule has 0 aromatic carbocycles. The van der Waals surface area contributed by atoms with E-state index >= 15 is 0 Å². The number of aromatic nitrogens is 2. The Hall–Kier alpha value is -1.94.